The fourth-order valence-corrected chi connectivity index (χ4v) is 1.80. The quantitative estimate of drug-likeness (QED) is 0.284. The summed E-state index contributed by atoms with van der Waals surface area (Å²) in [5, 5.41) is 10.9. The standard InChI is InChI=1S/C10H8Cl3F3N2O2/c11-5-1-7(13)8(2-6(5)12)20-3-4(9(17)18-19)10(14,15)16/h1-2,4,19H,3H2,(H2,17,18). The van der Waals surface area contributed by atoms with Gasteiger partial charge in [-0.15, -0.1) is 0 Å². The predicted octanol–water partition coefficient (Wildman–Crippen LogP) is 3.95. The van der Waals surface area contributed by atoms with E-state index in [-0.39, 0.29) is 20.8 Å². The van der Waals surface area contributed by atoms with Crippen molar-refractivity contribution in [1.29, 1.82) is 0 Å². The number of amidine groups is 1. The molecule has 4 nitrogen and oxygen atoms in total. The van der Waals surface area contributed by atoms with Crippen LogP contribution in [0.3, 0.4) is 0 Å². The first kappa shape index (κ1) is 17.0. The molecule has 0 saturated carbocycles. The van der Waals surface area contributed by atoms with Crippen molar-refractivity contribution in [2.24, 2.45) is 16.8 Å². The average molecular weight is 352 g/mol. The van der Waals surface area contributed by atoms with E-state index in [2.05, 4.69) is 5.16 Å². The van der Waals surface area contributed by atoms with Crippen LogP contribution < -0.4 is 10.5 Å². The lowest BCUT2D eigenvalue weighted by atomic mass is 10.1. The van der Waals surface area contributed by atoms with E-state index in [1.54, 1.807) is 0 Å². The number of ether oxygens (including phenoxy) is 1. The Hall–Kier alpha value is -1.05. The van der Waals surface area contributed by atoms with Crippen molar-refractivity contribution in [2.75, 3.05) is 6.61 Å². The van der Waals surface area contributed by atoms with Gasteiger partial charge in [0.25, 0.3) is 0 Å². The molecular weight excluding hydrogens is 343 g/mol. The summed E-state index contributed by atoms with van der Waals surface area (Å²) in [4.78, 5) is 0. The molecule has 1 unspecified atom stereocenters. The minimum Gasteiger partial charge on any atom is -0.491 e. The first-order chi connectivity index (χ1) is 9.16. The molecule has 0 radical (unpaired) electrons. The molecule has 0 spiro atoms. The van der Waals surface area contributed by atoms with Crippen molar-refractivity contribution in [2.45, 2.75) is 6.18 Å². The predicted molar refractivity (Wildman–Crippen MR) is 69.9 cm³/mol. The zero-order chi connectivity index (χ0) is 15.5. The molecule has 1 rings (SSSR count). The van der Waals surface area contributed by atoms with Crippen molar-refractivity contribution >= 4 is 40.6 Å². The Balaban J connectivity index is 2.91. The minimum absolute atomic E-state index is 0.0140. The van der Waals surface area contributed by atoms with E-state index in [9.17, 15) is 13.2 Å². The summed E-state index contributed by atoms with van der Waals surface area (Å²) in [6, 6.07) is 2.40. The van der Waals surface area contributed by atoms with E-state index >= 15 is 0 Å². The molecule has 0 saturated heterocycles. The number of nitrogens with two attached hydrogens (primary N) is 1. The Labute approximate surface area is 126 Å². The second kappa shape index (κ2) is 6.60. The SMILES string of the molecule is N/C(=N/O)C(COc1cc(Cl)c(Cl)cc1Cl)C(F)(F)F. The number of hydrogen-bond donors (Lipinski definition) is 2. The molecule has 1 aromatic carbocycles. The normalized spacial score (nSPS) is 14.2. The highest BCUT2D eigenvalue weighted by molar-refractivity contribution is 6.43. The maximum Gasteiger partial charge on any atom is 0.402 e. The highest BCUT2D eigenvalue weighted by Gasteiger charge is 2.43. The van der Waals surface area contributed by atoms with Gasteiger partial charge in [0, 0.05) is 6.07 Å². The van der Waals surface area contributed by atoms with Gasteiger partial charge in [0.05, 0.1) is 15.1 Å². The van der Waals surface area contributed by atoms with Crippen LogP contribution in [0, 0.1) is 5.92 Å². The summed E-state index contributed by atoms with van der Waals surface area (Å²) in [5.74, 6) is -3.40. The van der Waals surface area contributed by atoms with Crippen LogP contribution in [-0.2, 0) is 0 Å². The molecule has 10 heteroatoms. The third-order valence-electron chi connectivity index (χ3n) is 2.25. The Morgan fingerprint density at radius 3 is 2.30 bits per heavy atom. The third kappa shape index (κ3) is 4.22. The molecule has 3 N–H and O–H groups in total. The van der Waals surface area contributed by atoms with Gasteiger partial charge in [-0.1, -0.05) is 40.0 Å². The summed E-state index contributed by atoms with van der Waals surface area (Å²) < 4.78 is 42.9. The zero-order valence-corrected chi connectivity index (χ0v) is 11.9. The Bertz CT molecular complexity index is 523. The van der Waals surface area contributed by atoms with E-state index in [1.165, 1.54) is 12.1 Å². The maximum atomic E-state index is 12.7. The lowest BCUT2D eigenvalue weighted by molar-refractivity contribution is -0.162. The summed E-state index contributed by atoms with van der Waals surface area (Å²) in [6.45, 7) is -0.920. The molecule has 0 aliphatic heterocycles. The second-order valence-electron chi connectivity index (χ2n) is 3.63. The fraction of sp³-hybridized carbons (Fsp3) is 0.300. The molecule has 0 fully saturated rings. The van der Waals surface area contributed by atoms with Crippen molar-refractivity contribution in [3.05, 3.63) is 27.2 Å². The number of rotatable bonds is 4. The van der Waals surface area contributed by atoms with Gasteiger partial charge in [-0.05, 0) is 6.07 Å². The van der Waals surface area contributed by atoms with Crippen molar-refractivity contribution in [3.63, 3.8) is 0 Å². The van der Waals surface area contributed by atoms with Gasteiger partial charge in [0.2, 0.25) is 0 Å². The number of nitrogens with zero attached hydrogens (tertiary/aromatic N) is 1. The molecule has 0 bridgehead atoms. The van der Waals surface area contributed by atoms with Gasteiger partial charge in [0.1, 0.15) is 18.3 Å². The largest absolute Gasteiger partial charge is 0.491 e. The van der Waals surface area contributed by atoms with Gasteiger partial charge < -0.3 is 15.7 Å². The second-order valence-corrected chi connectivity index (χ2v) is 4.85. The molecule has 20 heavy (non-hydrogen) atoms. The molecule has 0 amide bonds. The van der Waals surface area contributed by atoms with Crippen LogP contribution in [0.4, 0.5) is 13.2 Å². The van der Waals surface area contributed by atoms with Gasteiger partial charge in [-0.25, -0.2) is 0 Å². The Morgan fingerprint density at radius 1 is 1.25 bits per heavy atom. The van der Waals surface area contributed by atoms with Gasteiger partial charge in [-0.3, -0.25) is 0 Å². The summed E-state index contributed by atoms with van der Waals surface area (Å²) in [5.41, 5.74) is 4.98. The summed E-state index contributed by atoms with van der Waals surface area (Å²) in [6.07, 6.45) is -4.74. The van der Waals surface area contributed by atoms with E-state index in [4.69, 9.17) is 50.5 Å². The number of halogens is 6. The number of alkyl halides is 3. The van der Waals surface area contributed by atoms with Gasteiger partial charge >= 0.3 is 6.18 Å². The van der Waals surface area contributed by atoms with Crippen LogP contribution in [0.5, 0.6) is 5.75 Å². The minimum atomic E-state index is -4.74. The topological polar surface area (TPSA) is 67.8 Å². The number of oxime groups is 1. The molecule has 112 valence electrons. The Morgan fingerprint density at radius 2 is 1.80 bits per heavy atom. The van der Waals surface area contributed by atoms with Crippen LogP contribution in [0.2, 0.25) is 15.1 Å². The van der Waals surface area contributed by atoms with Crippen LogP contribution in [0.25, 0.3) is 0 Å². The molecule has 0 aliphatic carbocycles. The number of hydrogen-bond acceptors (Lipinski definition) is 3. The highest BCUT2D eigenvalue weighted by Crippen LogP contribution is 2.35. The van der Waals surface area contributed by atoms with Crippen molar-refractivity contribution in [1.82, 2.24) is 0 Å². The third-order valence-corrected chi connectivity index (χ3v) is 3.27. The van der Waals surface area contributed by atoms with Crippen LogP contribution in [0.1, 0.15) is 0 Å². The smallest absolute Gasteiger partial charge is 0.402 e. The summed E-state index contributed by atoms with van der Waals surface area (Å²) >= 11 is 17.1. The highest BCUT2D eigenvalue weighted by atomic mass is 35.5. The molecule has 1 atom stereocenters. The first-order valence-corrected chi connectivity index (χ1v) is 6.11. The van der Waals surface area contributed by atoms with Gasteiger partial charge in [0.15, 0.2) is 5.84 Å². The first-order valence-electron chi connectivity index (χ1n) is 4.98. The number of benzene rings is 1. The van der Waals surface area contributed by atoms with Crippen molar-refractivity contribution in [3.8, 4) is 5.75 Å². The van der Waals surface area contributed by atoms with Crippen molar-refractivity contribution < 1.29 is 23.1 Å². The molecule has 0 aromatic heterocycles. The maximum absolute atomic E-state index is 12.7. The van der Waals surface area contributed by atoms with Gasteiger partial charge in [-0.2, -0.15) is 13.2 Å². The molecule has 0 heterocycles. The van der Waals surface area contributed by atoms with Crippen LogP contribution in [0.15, 0.2) is 17.3 Å². The lowest BCUT2D eigenvalue weighted by Gasteiger charge is -2.19. The lowest BCUT2D eigenvalue weighted by Crippen LogP contribution is -2.40. The monoisotopic (exact) mass is 350 g/mol. The van der Waals surface area contributed by atoms with Crippen LogP contribution in [-0.4, -0.2) is 23.8 Å². The summed E-state index contributed by atoms with van der Waals surface area (Å²) in [7, 11) is 0. The molecule has 1 aromatic rings. The van der Waals surface area contributed by atoms with E-state index in [0.29, 0.717) is 0 Å². The fourth-order valence-electron chi connectivity index (χ4n) is 1.21. The van der Waals surface area contributed by atoms with E-state index < -0.39 is 24.5 Å². The Kier molecular flexibility index (Phi) is 5.61. The molecular formula is C10H8Cl3F3N2O2. The van der Waals surface area contributed by atoms with Crippen LogP contribution >= 0.6 is 34.8 Å². The average Bonchev–Trinajstić information content (AvgIpc) is 2.33. The molecule has 0 aliphatic rings. The van der Waals surface area contributed by atoms with E-state index in [1.807, 2.05) is 0 Å². The van der Waals surface area contributed by atoms with E-state index in [0.717, 1.165) is 0 Å². The zero-order valence-electron chi connectivity index (χ0n) is 9.59.